The maximum atomic E-state index is 13.1. The topological polar surface area (TPSA) is 78.4 Å². The lowest BCUT2D eigenvalue weighted by Crippen LogP contribution is -2.38. The second-order valence-electron chi connectivity index (χ2n) is 3.49. The van der Waals surface area contributed by atoms with Crippen molar-refractivity contribution in [3.05, 3.63) is 30.1 Å². The van der Waals surface area contributed by atoms with Gasteiger partial charge in [0, 0.05) is 6.54 Å². The van der Waals surface area contributed by atoms with Gasteiger partial charge in [-0.15, -0.1) is 0 Å². The van der Waals surface area contributed by atoms with Crippen LogP contribution >= 0.6 is 0 Å². The first-order valence-corrected chi connectivity index (χ1v) is 5.02. The minimum atomic E-state index is -0.976. The van der Waals surface area contributed by atoms with E-state index in [9.17, 15) is 14.0 Å². The van der Waals surface area contributed by atoms with Crippen LogP contribution in [0.15, 0.2) is 24.3 Å². The maximum absolute atomic E-state index is 13.1. The van der Waals surface area contributed by atoms with Crippen LogP contribution in [-0.4, -0.2) is 29.6 Å². The largest absolute Gasteiger partial charge is 0.392 e. The van der Waals surface area contributed by atoms with Gasteiger partial charge in [-0.1, -0.05) is 12.1 Å². The molecular formula is C11H13FN2O3. The minimum absolute atomic E-state index is 0.0382. The summed E-state index contributed by atoms with van der Waals surface area (Å²) in [6, 6.07) is 5.52. The summed E-state index contributed by atoms with van der Waals surface area (Å²) in [6.45, 7) is 1.43. The Morgan fingerprint density at radius 3 is 2.59 bits per heavy atom. The van der Waals surface area contributed by atoms with Crippen molar-refractivity contribution < 1.29 is 19.1 Å². The molecule has 3 N–H and O–H groups in total. The first kappa shape index (κ1) is 13.1. The molecule has 0 aliphatic heterocycles. The van der Waals surface area contributed by atoms with Crippen molar-refractivity contribution in [3.63, 3.8) is 0 Å². The molecule has 0 aliphatic carbocycles. The SMILES string of the molecule is C[C@@H](O)CNC(=O)C(=O)Nc1ccccc1F. The molecule has 0 unspecified atom stereocenters. The summed E-state index contributed by atoms with van der Waals surface area (Å²) < 4.78 is 13.1. The zero-order valence-corrected chi connectivity index (χ0v) is 9.24. The van der Waals surface area contributed by atoms with Gasteiger partial charge in [-0.2, -0.15) is 0 Å². The van der Waals surface area contributed by atoms with E-state index in [2.05, 4.69) is 10.6 Å². The van der Waals surface area contributed by atoms with Gasteiger partial charge in [0.2, 0.25) is 0 Å². The van der Waals surface area contributed by atoms with Crippen LogP contribution in [-0.2, 0) is 9.59 Å². The van der Waals surface area contributed by atoms with E-state index in [1.807, 2.05) is 0 Å². The molecule has 0 aromatic heterocycles. The van der Waals surface area contributed by atoms with Crippen molar-refractivity contribution in [2.75, 3.05) is 11.9 Å². The number of amides is 2. The van der Waals surface area contributed by atoms with Gasteiger partial charge in [0.15, 0.2) is 0 Å². The van der Waals surface area contributed by atoms with Crippen LogP contribution < -0.4 is 10.6 Å². The number of aliphatic hydroxyl groups is 1. The zero-order valence-electron chi connectivity index (χ0n) is 9.24. The molecule has 0 saturated carbocycles. The van der Waals surface area contributed by atoms with Crippen molar-refractivity contribution >= 4 is 17.5 Å². The van der Waals surface area contributed by atoms with Crippen molar-refractivity contribution in [2.24, 2.45) is 0 Å². The quantitative estimate of drug-likeness (QED) is 0.663. The summed E-state index contributed by atoms with van der Waals surface area (Å²) in [5.41, 5.74) is -0.0651. The summed E-state index contributed by atoms with van der Waals surface area (Å²) in [6.07, 6.45) is -0.750. The van der Waals surface area contributed by atoms with Gasteiger partial charge in [-0.25, -0.2) is 4.39 Å². The summed E-state index contributed by atoms with van der Waals surface area (Å²) in [4.78, 5) is 22.5. The van der Waals surface area contributed by atoms with Crippen LogP contribution in [0.25, 0.3) is 0 Å². The van der Waals surface area contributed by atoms with Gasteiger partial charge in [0.05, 0.1) is 11.8 Å². The molecule has 0 fully saturated rings. The molecule has 1 aromatic rings. The fraction of sp³-hybridized carbons (Fsp3) is 0.273. The normalized spacial score (nSPS) is 11.7. The Morgan fingerprint density at radius 2 is 2.00 bits per heavy atom. The molecule has 6 heteroatoms. The third-order valence-electron chi connectivity index (χ3n) is 1.89. The Morgan fingerprint density at radius 1 is 1.35 bits per heavy atom. The fourth-order valence-electron chi connectivity index (χ4n) is 1.06. The molecule has 5 nitrogen and oxygen atoms in total. The lowest BCUT2D eigenvalue weighted by molar-refractivity contribution is -0.136. The molecule has 0 bridgehead atoms. The average Bonchev–Trinajstić information content (AvgIpc) is 2.28. The highest BCUT2D eigenvalue weighted by atomic mass is 19.1. The number of aliphatic hydroxyl groups excluding tert-OH is 1. The molecular weight excluding hydrogens is 227 g/mol. The summed E-state index contributed by atoms with van der Waals surface area (Å²) >= 11 is 0. The molecule has 0 spiro atoms. The number of carbonyl (C=O) groups is 2. The Labute approximate surface area is 97.6 Å². The van der Waals surface area contributed by atoms with Crippen LogP contribution in [0.5, 0.6) is 0 Å². The number of rotatable bonds is 3. The first-order chi connectivity index (χ1) is 8.00. The molecule has 0 radical (unpaired) electrons. The number of nitrogens with one attached hydrogen (secondary N) is 2. The molecule has 92 valence electrons. The van der Waals surface area contributed by atoms with Crippen molar-refractivity contribution in [1.29, 1.82) is 0 Å². The van der Waals surface area contributed by atoms with Gasteiger partial charge in [0.1, 0.15) is 5.82 Å². The lowest BCUT2D eigenvalue weighted by atomic mass is 10.3. The predicted octanol–water partition coefficient (Wildman–Crippen LogP) is 0.261. The Bertz CT molecular complexity index is 421. The number of hydrogen-bond acceptors (Lipinski definition) is 3. The highest BCUT2D eigenvalue weighted by molar-refractivity contribution is 6.39. The minimum Gasteiger partial charge on any atom is -0.392 e. The van der Waals surface area contributed by atoms with Crippen LogP contribution in [0.3, 0.4) is 0 Å². The zero-order chi connectivity index (χ0) is 12.8. The molecule has 0 heterocycles. The second-order valence-corrected chi connectivity index (χ2v) is 3.49. The van der Waals surface area contributed by atoms with E-state index in [4.69, 9.17) is 5.11 Å². The molecule has 2 amide bonds. The van der Waals surface area contributed by atoms with Gasteiger partial charge >= 0.3 is 11.8 Å². The van der Waals surface area contributed by atoms with Gasteiger partial charge in [-0.3, -0.25) is 9.59 Å². The van der Waals surface area contributed by atoms with Crippen LogP contribution in [0.4, 0.5) is 10.1 Å². The average molecular weight is 240 g/mol. The summed E-state index contributed by atoms with van der Waals surface area (Å²) in [5, 5.41) is 13.2. The van der Waals surface area contributed by atoms with E-state index in [-0.39, 0.29) is 12.2 Å². The van der Waals surface area contributed by atoms with E-state index in [0.29, 0.717) is 0 Å². The van der Waals surface area contributed by atoms with Gasteiger partial charge in [-0.05, 0) is 19.1 Å². The highest BCUT2D eigenvalue weighted by Crippen LogP contribution is 2.11. The van der Waals surface area contributed by atoms with E-state index < -0.39 is 23.7 Å². The summed E-state index contributed by atoms with van der Waals surface area (Å²) in [5.74, 6) is -2.52. The maximum Gasteiger partial charge on any atom is 0.313 e. The fourth-order valence-corrected chi connectivity index (χ4v) is 1.06. The predicted molar refractivity (Wildman–Crippen MR) is 59.7 cm³/mol. The van der Waals surface area contributed by atoms with Gasteiger partial charge in [0.25, 0.3) is 0 Å². The highest BCUT2D eigenvalue weighted by Gasteiger charge is 2.15. The Kier molecular flexibility index (Phi) is 4.59. The molecule has 1 aromatic carbocycles. The van der Waals surface area contributed by atoms with Crippen molar-refractivity contribution in [1.82, 2.24) is 5.32 Å². The second kappa shape index (κ2) is 5.95. The number of carbonyl (C=O) groups excluding carboxylic acids is 2. The molecule has 0 saturated heterocycles. The number of halogens is 1. The number of anilines is 1. The smallest absolute Gasteiger partial charge is 0.313 e. The van der Waals surface area contributed by atoms with Crippen molar-refractivity contribution in [2.45, 2.75) is 13.0 Å². The van der Waals surface area contributed by atoms with Crippen molar-refractivity contribution in [3.8, 4) is 0 Å². The standard InChI is InChI=1S/C11H13FN2O3/c1-7(15)6-13-10(16)11(17)14-9-5-3-2-4-8(9)12/h2-5,7,15H,6H2,1H3,(H,13,16)(H,14,17)/t7-/m1/s1. The number of hydrogen-bond donors (Lipinski definition) is 3. The van der Waals surface area contributed by atoms with E-state index in [1.165, 1.54) is 31.2 Å². The number of para-hydroxylation sites is 1. The van der Waals surface area contributed by atoms with E-state index in [0.717, 1.165) is 0 Å². The first-order valence-electron chi connectivity index (χ1n) is 5.02. The van der Waals surface area contributed by atoms with E-state index in [1.54, 1.807) is 0 Å². The van der Waals surface area contributed by atoms with E-state index >= 15 is 0 Å². The molecule has 17 heavy (non-hydrogen) atoms. The Balaban J connectivity index is 2.55. The molecule has 0 aliphatic rings. The lowest BCUT2D eigenvalue weighted by Gasteiger charge is -2.08. The monoisotopic (exact) mass is 240 g/mol. The Hall–Kier alpha value is -1.95. The molecule has 1 rings (SSSR count). The third-order valence-corrected chi connectivity index (χ3v) is 1.89. The van der Waals surface area contributed by atoms with Crippen LogP contribution in [0, 0.1) is 5.82 Å². The van der Waals surface area contributed by atoms with Crippen LogP contribution in [0.2, 0.25) is 0 Å². The third kappa shape index (κ3) is 4.20. The van der Waals surface area contributed by atoms with Crippen LogP contribution in [0.1, 0.15) is 6.92 Å². The molecule has 1 atom stereocenters. The summed E-state index contributed by atoms with van der Waals surface area (Å²) in [7, 11) is 0. The van der Waals surface area contributed by atoms with Gasteiger partial charge < -0.3 is 15.7 Å². The number of benzene rings is 1.